The zero-order chi connectivity index (χ0) is 7.82. The molecule has 0 fully saturated rings. The summed E-state index contributed by atoms with van der Waals surface area (Å²) in [7, 11) is -1.04. The third-order valence-corrected chi connectivity index (χ3v) is 1.88. The Morgan fingerprint density at radius 1 is 1.70 bits per heavy atom. The van der Waals surface area contributed by atoms with E-state index in [4.69, 9.17) is 10.3 Å². The molecular weight excluding hydrogens is 149 g/mol. The highest BCUT2D eigenvalue weighted by Gasteiger charge is 2.03. The van der Waals surface area contributed by atoms with E-state index in [0.29, 0.717) is 19.1 Å². The van der Waals surface area contributed by atoms with Gasteiger partial charge in [0.25, 0.3) is 0 Å². The van der Waals surface area contributed by atoms with Gasteiger partial charge in [-0.05, 0) is 18.9 Å². The van der Waals surface area contributed by atoms with Crippen molar-refractivity contribution in [2.45, 2.75) is 19.8 Å². The molecule has 0 rings (SSSR count). The van der Waals surface area contributed by atoms with E-state index in [1.807, 2.05) is 0 Å². The van der Waals surface area contributed by atoms with E-state index in [1.54, 1.807) is 0 Å². The van der Waals surface area contributed by atoms with Crippen molar-refractivity contribution in [3.63, 3.8) is 0 Å². The van der Waals surface area contributed by atoms with Crippen LogP contribution in [-0.4, -0.2) is 13.2 Å². The Labute approximate surface area is 63.2 Å². The minimum Gasteiger partial charge on any atom is -0.332 e. The first-order valence-electron chi connectivity index (χ1n) is 3.60. The second kappa shape index (κ2) is 7.26. The van der Waals surface area contributed by atoms with Gasteiger partial charge in [0.15, 0.2) is 8.69 Å². The summed E-state index contributed by atoms with van der Waals surface area (Å²) in [5.74, 6) is 0.492. The lowest BCUT2D eigenvalue weighted by atomic mass is 10.0. The minimum absolute atomic E-state index is 0.492. The molecule has 0 saturated carbocycles. The second-order valence-electron chi connectivity index (χ2n) is 2.28. The molecule has 2 atom stereocenters. The standard InChI is InChI=1S/C6H16NO2P/c1-2-6(3-4-7)5-9-10-8/h6H,2-5,7,10H2,1H3. The summed E-state index contributed by atoms with van der Waals surface area (Å²) in [6.45, 7) is 3.38. The van der Waals surface area contributed by atoms with Gasteiger partial charge in [-0.2, -0.15) is 0 Å². The average molecular weight is 165 g/mol. The van der Waals surface area contributed by atoms with Crippen LogP contribution in [0.2, 0.25) is 0 Å². The summed E-state index contributed by atoms with van der Waals surface area (Å²) in [4.78, 5) is 0. The SMILES string of the molecule is CCC(CCN)CO[PH2]=O. The number of nitrogens with two attached hydrogens (primary N) is 1. The van der Waals surface area contributed by atoms with Crippen LogP contribution in [0.15, 0.2) is 0 Å². The molecule has 2 N–H and O–H groups in total. The highest BCUT2D eigenvalue weighted by atomic mass is 31.1. The molecule has 10 heavy (non-hydrogen) atoms. The number of hydrogen-bond donors (Lipinski definition) is 1. The second-order valence-corrected chi connectivity index (χ2v) is 2.81. The van der Waals surface area contributed by atoms with Crippen molar-refractivity contribution >= 4 is 8.69 Å². The maximum Gasteiger partial charge on any atom is 0.179 e. The van der Waals surface area contributed by atoms with Crippen molar-refractivity contribution < 1.29 is 9.09 Å². The maximum atomic E-state index is 9.98. The monoisotopic (exact) mass is 165 g/mol. The lowest BCUT2D eigenvalue weighted by Crippen LogP contribution is -2.11. The summed E-state index contributed by atoms with van der Waals surface area (Å²) in [6, 6.07) is 0. The molecule has 62 valence electrons. The summed E-state index contributed by atoms with van der Waals surface area (Å²) < 4.78 is 14.8. The molecule has 0 aromatic carbocycles. The molecule has 0 radical (unpaired) electrons. The Bertz CT molecular complexity index is 89.8. The first-order valence-corrected chi connectivity index (χ1v) is 4.54. The molecule has 0 aromatic heterocycles. The fraction of sp³-hybridized carbons (Fsp3) is 1.00. The molecule has 0 saturated heterocycles. The lowest BCUT2D eigenvalue weighted by Gasteiger charge is -2.10. The molecule has 0 aliphatic rings. The molecule has 0 heterocycles. The summed E-state index contributed by atoms with van der Waals surface area (Å²) in [6.07, 6.45) is 2.02. The third kappa shape index (κ3) is 4.98. The lowest BCUT2D eigenvalue weighted by molar-refractivity contribution is 0.257. The maximum absolute atomic E-state index is 9.98. The molecule has 0 spiro atoms. The fourth-order valence-electron chi connectivity index (χ4n) is 0.816. The zero-order valence-electron chi connectivity index (χ0n) is 6.38. The van der Waals surface area contributed by atoms with Crippen molar-refractivity contribution in [3.8, 4) is 0 Å². The van der Waals surface area contributed by atoms with E-state index < -0.39 is 8.69 Å². The van der Waals surface area contributed by atoms with Gasteiger partial charge in [-0.1, -0.05) is 13.3 Å². The summed E-state index contributed by atoms with van der Waals surface area (Å²) >= 11 is 0. The molecule has 0 aliphatic carbocycles. The zero-order valence-corrected chi connectivity index (χ0v) is 7.53. The molecule has 4 heteroatoms. The Balaban J connectivity index is 3.29. The first kappa shape index (κ1) is 10.2. The predicted molar refractivity (Wildman–Crippen MR) is 43.8 cm³/mol. The van der Waals surface area contributed by atoms with E-state index in [0.717, 1.165) is 12.8 Å². The molecule has 0 aromatic rings. The summed E-state index contributed by atoms with van der Waals surface area (Å²) in [5.41, 5.74) is 5.35. The average Bonchev–Trinajstić information content (AvgIpc) is 1.98. The van der Waals surface area contributed by atoms with Crippen molar-refractivity contribution in [1.82, 2.24) is 0 Å². The van der Waals surface area contributed by atoms with E-state index >= 15 is 0 Å². The van der Waals surface area contributed by atoms with E-state index in [1.165, 1.54) is 0 Å². The molecular formula is C6H16NO2P. The highest BCUT2D eigenvalue weighted by Crippen LogP contribution is 2.10. The van der Waals surface area contributed by atoms with Gasteiger partial charge >= 0.3 is 0 Å². The third-order valence-electron chi connectivity index (χ3n) is 1.55. The van der Waals surface area contributed by atoms with E-state index in [2.05, 4.69) is 6.92 Å². The smallest absolute Gasteiger partial charge is 0.179 e. The largest absolute Gasteiger partial charge is 0.332 e. The summed E-state index contributed by atoms with van der Waals surface area (Å²) in [5, 5.41) is 0. The molecule has 0 aliphatic heterocycles. The minimum atomic E-state index is -1.04. The van der Waals surface area contributed by atoms with E-state index in [-0.39, 0.29) is 0 Å². The first-order chi connectivity index (χ1) is 4.85. The van der Waals surface area contributed by atoms with Gasteiger partial charge in [0.2, 0.25) is 0 Å². The predicted octanol–water partition coefficient (Wildman–Crippen LogP) is 1.05. The quantitative estimate of drug-likeness (QED) is 0.598. The van der Waals surface area contributed by atoms with Gasteiger partial charge in [-0.3, -0.25) is 4.57 Å². The number of hydrogen-bond acceptors (Lipinski definition) is 3. The van der Waals surface area contributed by atoms with Crippen LogP contribution in [0.1, 0.15) is 19.8 Å². The van der Waals surface area contributed by atoms with Crippen LogP contribution < -0.4 is 5.73 Å². The van der Waals surface area contributed by atoms with Gasteiger partial charge in [-0.15, -0.1) is 0 Å². The molecule has 0 bridgehead atoms. The van der Waals surface area contributed by atoms with Crippen molar-refractivity contribution in [1.29, 1.82) is 0 Å². The molecule has 3 nitrogen and oxygen atoms in total. The Hall–Kier alpha value is 0.150. The Kier molecular flexibility index (Phi) is 7.37. The topological polar surface area (TPSA) is 52.3 Å². The molecule has 2 unspecified atom stereocenters. The van der Waals surface area contributed by atoms with Crippen LogP contribution in [0.25, 0.3) is 0 Å². The van der Waals surface area contributed by atoms with Crippen LogP contribution >= 0.6 is 8.69 Å². The number of rotatable bonds is 6. The van der Waals surface area contributed by atoms with Gasteiger partial charge < -0.3 is 10.3 Å². The van der Waals surface area contributed by atoms with Gasteiger partial charge in [-0.25, -0.2) is 0 Å². The van der Waals surface area contributed by atoms with Crippen molar-refractivity contribution in [3.05, 3.63) is 0 Å². The Morgan fingerprint density at radius 2 is 2.40 bits per heavy atom. The van der Waals surface area contributed by atoms with Crippen LogP contribution in [0.4, 0.5) is 0 Å². The van der Waals surface area contributed by atoms with Crippen molar-refractivity contribution in [2.24, 2.45) is 11.7 Å². The van der Waals surface area contributed by atoms with Gasteiger partial charge in [0.05, 0.1) is 6.61 Å². The van der Waals surface area contributed by atoms with Gasteiger partial charge in [0, 0.05) is 0 Å². The fourth-order valence-corrected chi connectivity index (χ4v) is 1.17. The van der Waals surface area contributed by atoms with Crippen LogP contribution in [0, 0.1) is 5.92 Å². The highest BCUT2D eigenvalue weighted by molar-refractivity contribution is 7.17. The van der Waals surface area contributed by atoms with Gasteiger partial charge in [0.1, 0.15) is 0 Å². The van der Waals surface area contributed by atoms with Crippen LogP contribution in [0.3, 0.4) is 0 Å². The van der Waals surface area contributed by atoms with Crippen molar-refractivity contribution in [2.75, 3.05) is 13.2 Å². The Morgan fingerprint density at radius 3 is 2.80 bits per heavy atom. The van der Waals surface area contributed by atoms with E-state index in [9.17, 15) is 4.57 Å². The van der Waals surface area contributed by atoms with Crippen LogP contribution in [0.5, 0.6) is 0 Å². The van der Waals surface area contributed by atoms with Crippen LogP contribution in [-0.2, 0) is 9.09 Å². The molecule has 0 amide bonds. The normalized spacial score (nSPS) is 14.6.